The molecule has 0 amide bonds. The standard InChI is InChI=1S/C24H31N3O6S/c1-15-22(18(4)28)16(2)25-23(15)24(29)17(3)26-8-10-27(11-9-26)34(30,31)19-6-7-20-21(14-19)33-13-5-12-32-20/h6-7,14,17,25H,5,8-13H2,1-4H3/t17-/m0/s1. The molecular weight excluding hydrogens is 458 g/mol. The van der Waals surface area contributed by atoms with E-state index in [4.69, 9.17) is 9.47 Å². The summed E-state index contributed by atoms with van der Waals surface area (Å²) in [5, 5.41) is 0. The van der Waals surface area contributed by atoms with Gasteiger partial charge in [0, 0.05) is 49.9 Å². The van der Waals surface area contributed by atoms with Crippen LogP contribution in [-0.4, -0.2) is 79.6 Å². The molecule has 1 N–H and O–H groups in total. The normalized spacial score (nSPS) is 18.4. The molecule has 1 fully saturated rings. The van der Waals surface area contributed by atoms with Crippen LogP contribution in [0, 0.1) is 13.8 Å². The van der Waals surface area contributed by atoms with Crippen molar-refractivity contribution in [1.82, 2.24) is 14.2 Å². The van der Waals surface area contributed by atoms with Crippen LogP contribution < -0.4 is 9.47 Å². The fourth-order valence-electron chi connectivity index (χ4n) is 4.68. The van der Waals surface area contributed by atoms with Crippen molar-refractivity contribution in [1.29, 1.82) is 0 Å². The minimum Gasteiger partial charge on any atom is -0.490 e. The van der Waals surface area contributed by atoms with Crippen molar-refractivity contribution in [3.8, 4) is 11.5 Å². The summed E-state index contributed by atoms with van der Waals surface area (Å²) in [4.78, 5) is 30.3. The maximum absolute atomic E-state index is 13.2. The van der Waals surface area contributed by atoms with E-state index in [1.807, 2.05) is 11.8 Å². The largest absolute Gasteiger partial charge is 0.490 e. The molecule has 1 atom stereocenters. The van der Waals surface area contributed by atoms with E-state index >= 15 is 0 Å². The Morgan fingerprint density at radius 1 is 1.03 bits per heavy atom. The number of aromatic amines is 1. The number of fused-ring (bicyclic) bond motifs is 1. The van der Waals surface area contributed by atoms with E-state index < -0.39 is 16.1 Å². The highest BCUT2D eigenvalue weighted by molar-refractivity contribution is 7.89. The quantitative estimate of drug-likeness (QED) is 0.621. The Morgan fingerprint density at radius 3 is 2.29 bits per heavy atom. The van der Waals surface area contributed by atoms with Gasteiger partial charge in [-0.05, 0) is 45.4 Å². The number of nitrogens with one attached hydrogen (secondary N) is 1. The first kappa shape index (κ1) is 24.4. The van der Waals surface area contributed by atoms with Gasteiger partial charge in [0.15, 0.2) is 23.1 Å². The van der Waals surface area contributed by atoms with Crippen molar-refractivity contribution in [2.45, 2.75) is 45.1 Å². The van der Waals surface area contributed by atoms with E-state index in [1.54, 1.807) is 26.0 Å². The first-order valence-electron chi connectivity index (χ1n) is 11.5. The summed E-state index contributed by atoms with van der Waals surface area (Å²) >= 11 is 0. The van der Waals surface area contributed by atoms with Crippen LogP contribution in [0.15, 0.2) is 23.1 Å². The number of hydrogen-bond acceptors (Lipinski definition) is 7. The average Bonchev–Trinajstić information content (AvgIpc) is 2.97. The van der Waals surface area contributed by atoms with Gasteiger partial charge in [0.2, 0.25) is 10.0 Å². The van der Waals surface area contributed by atoms with Crippen molar-refractivity contribution in [2.24, 2.45) is 0 Å². The number of hydrogen-bond donors (Lipinski definition) is 1. The molecule has 9 nitrogen and oxygen atoms in total. The third-order valence-electron chi connectivity index (χ3n) is 6.59. The first-order chi connectivity index (χ1) is 16.1. The SMILES string of the molecule is CC(=O)c1c(C)[nH]c(C(=O)[C@H](C)N2CCN(S(=O)(=O)c3ccc4c(c3)OCCCO4)CC2)c1C. The number of ketones is 2. The highest BCUT2D eigenvalue weighted by atomic mass is 32.2. The topological polar surface area (TPSA) is 109 Å². The third kappa shape index (κ3) is 4.49. The molecule has 0 spiro atoms. The van der Waals surface area contributed by atoms with E-state index in [1.165, 1.54) is 17.3 Å². The fourth-order valence-corrected chi connectivity index (χ4v) is 6.12. The van der Waals surface area contributed by atoms with Gasteiger partial charge in [-0.1, -0.05) is 0 Å². The van der Waals surface area contributed by atoms with Gasteiger partial charge in [-0.3, -0.25) is 14.5 Å². The van der Waals surface area contributed by atoms with Crippen LogP contribution in [0.4, 0.5) is 0 Å². The first-order valence-corrected chi connectivity index (χ1v) is 12.9. The number of Topliss-reactive ketones (excluding diaryl/α,β-unsaturated/α-hetero) is 2. The van der Waals surface area contributed by atoms with Crippen molar-refractivity contribution >= 4 is 21.6 Å². The van der Waals surface area contributed by atoms with Gasteiger partial charge in [-0.25, -0.2) is 8.42 Å². The number of sulfonamides is 1. The van der Waals surface area contributed by atoms with Crippen LogP contribution in [0.5, 0.6) is 11.5 Å². The van der Waals surface area contributed by atoms with E-state index in [-0.39, 0.29) is 29.6 Å². The number of rotatable bonds is 6. The molecule has 2 aliphatic heterocycles. The van der Waals surface area contributed by atoms with Crippen LogP contribution >= 0.6 is 0 Å². The van der Waals surface area contributed by atoms with Gasteiger partial charge in [0.1, 0.15) is 0 Å². The van der Waals surface area contributed by atoms with E-state index in [0.717, 1.165) is 6.42 Å². The lowest BCUT2D eigenvalue weighted by Gasteiger charge is -2.36. The molecule has 0 aliphatic carbocycles. The Hall–Kier alpha value is -2.69. The second-order valence-corrected chi connectivity index (χ2v) is 10.8. The lowest BCUT2D eigenvalue weighted by atomic mass is 10.0. The van der Waals surface area contributed by atoms with Gasteiger partial charge < -0.3 is 14.5 Å². The Balaban J connectivity index is 1.45. The van der Waals surface area contributed by atoms with Crippen molar-refractivity contribution in [3.05, 3.63) is 40.7 Å². The zero-order valence-electron chi connectivity index (χ0n) is 20.0. The molecule has 2 aliphatic rings. The molecule has 184 valence electrons. The molecule has 0 saturated carbocycles. The summed E-state index contributed by atoms with van der Waals surface area (Å²) in [6.07, 6.45) is 0.743. The molecular formula is C24H31N3O6S. The number of aromatic nitrogens is 1. The Bertz CT molecular complexity index is 1210. The predicted octanol–water partition coefficient (Wildman–Crippen LogP) is 2.57. The fraction of sp³-hybridized carbons (Fsp3) is 0.500. The minimum atomic E-state index is -3.70. The summed E-state index contributed by atoms with van der Waals surface area (Å²) in [6, 6.07) is 4.27. The lowest BCUT2D eigenvalue weighted by molar-refractivity contribution is 0.0777. The van der Waals surface area contributed by atoms with E-state index in [0.29, 0.717) is 60.3 Å². The highest BCUT2D eigenvalue weighted by Crippen LogP contribution is 2.33. The second kappa shape index (κ2) is 9.52. The van der Waals surface area contributed by atoms with Crippen molar-refractivity contribution in [3.63, 3.8) is 0 Å². The number of benzene rings is 1. The smallest absolute Gasteiger partial charge is 0.243 e. The summed E-state index contributed by atoms with van der Waals surface area (Å²) in [5.41, 5.74) is 2.35. The Labute approximate surface area is 200 Å². The van der Waals surface area contributed by atoms with Crippen LogP contribution in [0.25, 0.3) is 0 Å². The number of ether oxygens (including phenoxy) is 2. The van der Waals surface area contributed by atoms with Crippen molar-refractivity contribution < 1.29 is 27.5 Å². The van der Waals surface area contributed by atoms with Gasteiger partial charge in [0.05, 0.1) is 29.8 Å². The molecule has 4 rings (SSSR count). The molecule has 3 heterocycles. The molecule has 0 unspecified atom stereocenters. The molecule has 1 saturated heterocycles. The maximum Gasteiger partial charge on any atom is 0.243 e. The predicted molar refractivity (Wildman–Crippen MR) is 126 cm³/mol. The number of carbonyl (C=O) groups excluding carboxylic acids is 2. The number of H-pyrrole nitrogens is 1. The van der Waals surface area contributed by atoms with Crippen LogP contribution in [0.1, 0.15) is 52.4 Å². The number of aryl methyl sites for hydroxylation is 1. The summed E-state index contributed by atoms with van der Waals surface area (Å²) in [6.45, 7) is 9.29. The molecule has 2 aromatic rings. The van der Waals surface area contributed by atoms with Crippen molar-refractivity contribution in [2.75, 3.05) is 39.4 Å². The van der Waals surface area contributed by atoms with E-state index in [9.17, 15) is 18.0 Å². The average molecular weight is 490 g/mol. The molecule has 1 aromatic carbocycles. The Morgan fingerprint density at radius 2 is 1.68 bits per heavy atom. The van der Waals surface area contributed by atoms with Crippen LogP contribution in [0.3, 0.4) is 0 Å². The molecule has 34 heavy (non-hydrogen) atoms. The highest BCUT2D eigenvalue weighted by Gasteiger charge is 2.34. The summed E-state index contributed by atoms with van der Waals surface area (Å²) < 4.78 is 39.2. The number of carbonyl (C=O) groups is 2. The van der Waals surface area contributed by atoms with Gasteiger partial charge in [-0.2, -0.15) is 4.31 Å². The molecule has 10 heteroatoms. The number of nitrogens with zero attached hydrogens (tertiary/aromatic N) is 2. The van der Waals surface area contributed by atoms with Crippen LogP contribution in [0.2, 0.25) is 0 Å². The van der Waals surface area contributed by atoms with Gasteiger partial charge >= 0.3 is 0 Å². The molecule has 1 aromatic heterocycles. The molecule has 0 radical (unpaired) electrons. The van der Waals surface area contributed by atoms with Crippen LogP contribution in [-0.2, 0) is 10.0 Å². The zero-order chi connectivity index (χ0) is 24.6. The lowest BCUT2D eigenvalue weighted by Crippen LogP contribution is -2.53. The van der Waals surface area contributed by atoms with Gasteiger partial charge in [-0.15, -0.1) is 0 Å². The number of piperazine rings is 1. The monoisotopic (exact) mass is 489 g/mol. The second-order valence-electron chi connectivity index (χ2n) is 8.82. The maximum atomic E-state index is 13.2. The van der Waals surface area contributed by atoms with E-state index in [2.05, 4.69) is 4.98 Å². The van der Waals surface area contributed by atoms with Gasteiger partial charge in [0.25, 0.3) is 0 Å². The zero-order valence-corrected chi connectivity index (χ0v) is 20.8. The summed E-state index contributed by atoms with van der Waals surface area (Å²) in [5.74, 6) is 0.813. The molecule has 0 bridgehead atoms. The third-order valence-corrected chi connectivity index (χ3v) is 8.49. The summed E-state index contributed by atoms with van der Waals surface area (Å²) in [7, 11) is -3.70. The Kier molecular flexibility index (Phi) is 6.84. The minimum absolute atomic E-state index is 0.0773.